The van der Waals surface area contributed by atoms with Crippen molar-refractivity contribution in [3.63, 3.8) is 0 Å². The van der Waals surface area contributed by atoms with E-state index in [1.54, 1.807) is 0 Å². The Bertz CT molecular complexity index is 173. The summed E-state index contributed by atoms with van der Waals surface area (Å²) in [5.41, 5.74) is 7.51. The number of hydrogen-bond acceptors (Lipinski definition) is 2. The van der Waals surface area contributed by atoms with Crippen LogP contribution < -0.4 is 5.73 Å². The Balaban J connectivity index is 0.000000371. The van der Waals surface area contributed by atoms with Gasteiger partial charge in [0.25, 0.3) is 0 Å². The zero-order chi connectivity index (χ0) is 7.98. The molecule has 0 aliphatic carbocycles. The molecule has 0 spiro atoms. The molecule has 0 saturated heterocycles. The summed E-state index contributed by atoms with van der Waals surface area (Å²) in [7, 11) is 0. The van der Waals surface area contributed by atoms with Crippen molar-refractivity contribution in [1.29, 1.82) is 0 Å². The molecule has 0 amide bonds. The molecule has 0 aliphatic rings. The van der Waals surface area contributed by atoms with Crippen LogP contribution in [0.3, 0.4) is 0 Å². The van der Waals surface area contributed by atoms with E-state index in [1.807, 2.05) is 31.2 Å². The van der Waals surface area contributed by atoms with E-state index in [-0.39, 0.29) is 0 Å². The first kappa shape index (κ1) is 9.27. The Labute approximate surface area is 65.4 Å². The number of hydrogen-bond donors (Lipinski definition) is 2. The van der Waals surface area contributed by atoms with Gasteiger partial charge in [-0.2, -0.15) is 0 Å². The Morgan fingerprint density at radius 3 is 2.30 bits per heavy atom. The quantitative estimate of drug-likeness (QED) is 0.567. The van der Waals surface area contributed by atoms with Gasteiger partial charge in [0.2, 0.25) is 0 Å². The fraction of sp³-hybridized carbons (Fsp3) is 0.143. The van der Waals surface area contributed by atoms with Gasteiger partial charge in [0.15, 0.2) is 0 Å². The standard InChI is InChI=1S/C7H9N.ClHO/c1-6-3-2-4-7(8)5-6;1-2/h2-5H,8H2,1H3;2H. The van der Waals surface area contributed by atoms with Crippen LogP contribution in [0, 0.1) is 6.92 Å². The lowest BCUT2D eigenvalue weighted by Gasteiger charge is -1.91. The summed E-state index contributed by atoms with van der Waals surface area (Å²) < 4.78 is 6.47. The fourth-order valence-electron chi connectivity index (χ4n) is 0.670. The predicted molar refractivity (Wildman–Crippen MR) is 43.7 cm³/mol. The van der Waals surface area contributed by atoms with Crippen molar-refractivity contribution in [2.75, 3.05) is 5.73 Å². The molecule has 1 aromatic carbocycles. The number of rotatable bonds is 0. The lowest BCUT2D eigenvalue weighted by atomic mass is 10.2. The van der Waals surface area contributed by atoms with E-state index >= 15 is 0 Å². The lowest BCUT2D eigenvalue weighted by Crippen LogP contribution is -1.82. The van der Waals surface area contributed by atoms with Crippen LogP contribution in [-0.2, 0) is 0 Å². The SMILES string of the molecule is Cc1cccc(N)c1.OCl. The summed E-state index contributed by atoms with van der Waals surface area (Å²) in [4.78, 5) is 0. The van der Waals surface area contributed by atoms with E-state index in [0.717, 1.165) is 5.69 Å². The first-order chi connectivity index (χ1) is 4.79. The lowest BCUT2D eigenvalue weighted by molar-refractivity contribution is 0.632. The molecule has 0 aliphatic heterocycles. The van der Waals surface area contributed by atoms with Gasteiger partial charge in [-0.25, -0.2) is 0 Å². The van der Waals surface area contributed by atoms with Crippen LogP contribution in [0.25, 0.3) is 0 Å². The summed E-state index contributed by atoms with van der Waals surface area (Å²) in [5, 5.41) is 0. The molecule has 0 radical (unpaired) electrons. The van der Waals surface area contributed by atoms with E-state index in [4.69, 9.17) is 10.4 Å². The minimum atomic E-state index is 0.838. The van der Waals surface area contributed by atoms with Crippen LogP contribution in [0.2, 0.25) is 0 Å². The highest BCUT2D eigenvalue weighted by molar-refractivity contribution is 6.04. The summed E-state index contributed by atoms with van der Waals surface area (Å²) in [6.07, 6.45) is 0. The molecule has 0 bridgehead atoms. The second kappa shape index (κ2) is 5.09. The highest BCUT2D eigenvalue weighted by Gasteiger charge is 1.81. The number of nitrogen functional groups attached to an aromatic ring is 1. The normalized spacial score (nSPS) is 7.90. The molecule has 1 rings (SSSR count). The van der Waals surface area contributed by atoms with E-state index in [2.05, 4.69) is 11.9 Å². The minimum absolute atomic E-state index is 0.838. The molecule has 0 aromatic heterocycles. The Kier molecular flexibility index (Phi) is 4.72. The van der Waals surface area contributed by atoms with Gasteiger partial charge >= 0.3 is 0 Å². The second-order valence-corrected chi connectivity index (χ2v) is 1.91. The molecule has 56 valence electrons. The van der Waals surface area contributed by atoms with Gasteiger partial charge in [-0.15, -0.1) is 0 Å². The molecular weight excluding hydrogens is 150 g/mol. The number of halogens is 1. The van der Waals surface area contributed by atoms with Gasteiger partial charge < -0.3 is 5.73 Å². The number of benzene rings is 1. The summed E-state index contributed by atoms with van der Waals surface area (Å²) in [5.74, 6) is 0. The molecule has 3 heteroatoms. The molecule has 0 heterocycles. The van der Waals surface area contributed by atoms with Gasteiger partial charge in [-0.1, -0.05) is 12.1 Å². The van der Waals surface area contributed by atoms with Crippen LogP contribution in [0.5, 0.6) is 0 Å². The van der Waals surface area contributed by atoms with E-state index < -0.39 is 0 Å². The molecular formula is C7H10ClNO. The number of anilines is 1. The van der Waals surface area contributed by atoms with Crippen LogP contribution in [0.4, 0.5) is 5.69 Å². The van der Waals surface area contributed by atoms with Crippen LogP contribution in [0.1, 0.15) is 5.56 Å². The predicted octanol–water partition coefficient (Wildman–Crippen LogP) is 1.71. The molecule has 0 fully saturated rings. The molecule has 3 N–H and O–H groups in total. The minimum Gasteiger partial charge on any atom is -0.399 e. The van der Waals surface area contributed by atoms with Crippen molar-refractivity contribution in [2.45, 2.75) is 6.92 Å². The van der Waals surface area contributed by atoms with Crippen LogP contribution >= 0.6 is 11.9 Å². The molecule has 0 atom stereocenters. The van der Waals surface area contributed by atoms with E-state index in [9.17, 15) is 0 Å². The Hall–Kier alpha value is -0.730. The van der Waals surface area contributed by atoms with E-state index in [1.165, 1.54) is 5.56 Å². The van der Waals surface area contributed by atoms with Crippen molar-refractivity contribution in [2.24, 2.45) is 0 Å². The maximum Gasteiger partial charge on any atom is 0.0579 e. The monoisotopic (exact) mass is 159 g/mol. The second-order valence-electron chi connectivity index (χ2n) is 1.91. The number of nitrogens with two attached hydrogens (primary N) is 1. The zero-order valence-electron chi connectivity index (χ0n) is 5.71. The third-order valence-electron chi connectivity index (χ3n) is 1.04. The molecule has 10 heavy (non-hydrogen) atoms. The van der Waals surface area contributed by atoms with Crippen molar-refractivity contribution in [3.8, 4) is 0 Å². The Morgan fingerprint density at radius 2 is 2.00 bits per heavy atom. The maximum atomic E-state index is 6.47. The third kappa shape index (κ3) is 3.33. The number of aryl methyl sites for hydroxylation is 1. The van der Waals surface area contributed by atoms with Gasteiger partial charge in [0.1, 0.15) is 0 Å². The van der Waals surface area contributed by atoms with Crippen LogP contribution in [-0.4, -0.2) is 4.66 Å². The van der Waals surface area contributed by atoms with Gasteiger partial charge in [-0.05, 0) is 24.6 Å². The maximum absolute atomic E-state index is 6.47. The smallest absolute Gasteiger partial charge is 0.0579 e. The fourth-order valence-corrected chi connectivity index (χ4v) is 0.670. The summed E-state index contributed by atoms with van der Waals surface area (Å²) >= 11 is 3.64. The van der Waals surface area contributed by atoms with Crippen molar-refractivity contribution in [3.05, 3.63) is 29.8 Å². The molecule has 2 nitrogen and oxygen atoms in total. The first-order valence-corrected chi connectivity index (χ1v) is 3.12. The average Bonchev–Trinajstić information content (AvgIpc) is 1.91. The highest BCUT2D eigenvalue weighted by atomic mass is 35.5. The van der Waals surface area contributed by atoms with Crippen molar-refractivity contribution in [1.82, 2.24) is 0 Å². The third-order valence-corrected chi connectivity index (χ3v) is 1.04. The van der Waals surface area contributed by atoms with Crippen molar-refractivity contribution < 1.29 is 4.66 Å². The van der Waals surface area contributed by atoms with Gasteiger partial charge in [0, 0.05) is 5.69 Å². The molecule has 0 saturated carbocycles. The van der Waals surface area contributed by atoms with E-state index in [0.29, 0.717) is 0 Å². The van der Waals surface area contributed by atoms with Crippen LogP contribution in [0.15, 0.2) is 24.3 Å². The zero-order valence-corrected chi connectivity index (χ0v) is 6.47. The first-order valence-electron chi connectivity index (χ1n) is 2.78. The topological polar surface area (TPSA) is 46.2 Å². The Morgan fingerprint density at radius 1 is 1.40 bits per heavy atom. The summed E-state index contributed by atoms with van der Waals surface area (Å²) in [6.45, 7) is 2.02. The summed E-state index contributed by atoms with van der Waals surface area (Å²) in [6, 6.07) is 7.80. The van der Waals surface area contributed by atoms with Gasteiger partial charge in [0.05, 0.1) is 11.9 Å². The largest absolute Gasteiger partial charge is 0.399 e. The average molecular weight is 160 g/mol. The van der Waals surface area contributed by atoms with Gasteiger partial charge in [-0.3, -0.25) is 4.66 Å². The molecule has 0 unspecified atom stereocenters. The highest BCUT2D eigenvalue weighted by Crippen LogP contribution is 2.03. The molecule has 1 aromatic rings. The van der Waals surface area contributed by atoms with Crippen molar-refractivity contribution >= 4 is 17.6 Å².